The van der Waals surface area contributed by atoms with Crippen LogP contribution in [0.4, 0.5) is 0 Å². The Morgan fingerprint density at radius 3 is 2.45 bits per heavy atom. The first kappa shape index (κ1) is 15.8. The lowest BCUT2D eigenvalue weighted by Crippen LogP contribution is -2.40. The van der Waals surface area contributed by atoms with E-state index in [9.17, 15) is 0 Å². The highest BCUT2D eigenvalue weighted by Crippen LogP contribution is 2.25. The number of rotatable bonds is 5. The smallest absolute Gasteiger partial charge is 0.0545 e. The molecule has 2 aromatic carbocycles. The van der Waals surface area contributed by atoms with E-state index in [-0.39, 0.29) is 5.54 Å². The molecule has 0 heterocycles. The van der Waals surface area contributed by atoms with Crippen LogP contribution in [0.15, 0.2) is 53.0 Å². The van der Waals surface area contributed by atoms with Crippen LogP contribution in [0.5, 0.6) is 0 Å². The maximum absolute atomic E-state index is 6.24. The number of alkyl halides is 1. The minimum atomic E-state index is -0.279. The van der Waals surface area contributed by atoms with Crippen molar-refractivity contribution in [1.82, 2.24) is 5.32 Å². The Balaban J connectivity index is 2.15. The van der Waals surface area contributed by atoms with Gasteiger partial charge < -0.3 is 5.32 Å². The van der Waals surface area contributed by atoms with Gasteiger partial charge in [-0.3, -0.25) is 0 Å². The van der Waals surface area contributed by atoms with Crippen molar-refractivity contribution in [3.63, 3.8) is 0 Å². The molecule has 0 amide bonds. The maximum atomic E-state index is 6.24. The number of halogens is 3. The van der Waals surface area contributed by atoms with E-state index in [0.29, 0.717) is 12.4 Å². The fraction of sp³-hybridized carbons (Fsp3) is 0.250. The Kier molecular flexibility index (Phi) is 5.50. The zero-order chi connectivity index (χ0) is 14.6. The molecule has 0 aliphatic rings. The Morgan fingerprint density at radius 2 is 1.85 bits per heavy atom. The summed E-state index contributed by atoms with van der Waals surface area (Å²) in [5, 5.41) is 4.25. The molecule has 0 aliphatic heterocycles. The lowest BCUT2D eigenvalue weighted by atomic mass is 9.94. The molecule has 1 atom stereocenters. The molecule has 2 aromatic rings. The normalized spacial score (nSPS) is 14.0. The van der Waals surface area contributed by atoms with Crippen molar-refractivity contribution >= 4 is 39.1 Å². The van der Waals surface area contributed by atoms with Gasteiger partial charge in [-0.15, -0.1) is 11.6 Å². The van der Waals surface area contributed by atoms with Crippen molar-refractivity contribution in [2.24, 2.45) is 0 Å². The number of benzene rings is 2. The molecule has 1 nitrogen and oxygen atoms in total. The summed E-state index contributed by atoms with van der Waals surface area (Å²) in [5.74, 6) is 0.491. The molecule has 4 heteroatoms. The molecule has 0 radical (unpaired) electrons. The summed E-state index contributed by atoms with van der Waals surface area (Å²) in [6, 6.07) is 16.1. The highest BCUT2D eigenvalue weighted by Gasteiger charge is 2.24. The van der Waals surface area contributed by atoms with Crippen molar-refractivity contribution in [3.8, 4) is 0 Å². The first-order valence-corrected chi connectivity index (χ1v) is 8.06. The quantitative estimate of drug-likeness (QED) is 0.698. The van der Waals surface area contributed by atoms with Crippen LogP contribution in [0.3, 0.4) is 0 Å². The largest absolute Gasteiger partial charge is 0.302 e. The Labute approximate surface area is 138 Å². The second kappa shape index (κ2) is 6.95. The minimum Gasteiger partial charge on any atom is -0.302 e. The van der Waals surface area contributed by atoms with Gasteiger partial charge >= 0.3 is 0 Å². The molecule has 20 heavy (non-hydrogen) atoms. The molecule has 0 saturated carbocycles. The van der Waals surface area contributed by atoms with E-state index in [1.807, 2.05) is 36.4 Å². The summed E-state index contributed by atoms with van der Waals surface area (Å²) >= 11 is 15.8. The van der Waals surface area contributed by atoms with Gasteiger partial charge in [0.25, 0.3) is 0 Å². The summed E-state index contributed by atoms with van der Waals surface area (Å²) in [6.45, 7) is 2.77. The molecule has 0 bridgehead atoms. The van der Waals surface area contributed by atoms with Gasteiger partial charge in [0.15, 0.2) is 0 Å². The van der Waals surface area contributed by atoms with Crippen LogP contribution in [0.25, 0.3) is 0 Å². The average molecular weight is 373 g/mol. The molecule has 106 valence electrons. The van der Waals surface area contributed by atoms with Crippen molar-refractivity contribution in [2.45, 2.75) is 19.0 Å². The lowest BCUT2D eigenvalue weighted by molar-refractivity contribution is 0.407. The van der Waals surface area contributed by atoms with Crippen LogP contribution >= 0.6 is 39.1 Å². The fourth-order valence-electron chi connectivity index (χ4n) is 1.99. The summed E-state index contributed by atoms with van der Waals surface area (Å²) in [7, 11) is 0. The standard InChI is InChI=1S/C16H16BrCl2N/c1-16(11-18,13-5-3-2-4-6-13)20-10-12-7-8-14(17)9-15(12)19/h2-9,20H,10-11H2,1H3. The van der Waals surface area contributed by atoms with E-state index >= 15 is 0 Å². The van der Waals surface area contributed by atoms with E-state index in [4.69, 9.17) is 23.2 Å². The van der Waals surface area contributed by atoms with Crippen LogP contribution in [0, 0.1) is 0 Å². The van der Waals surface area contributed by atoms with Gasteiger partial charge in [0.1, 0.15) is 0 Å². The van der Waals surface area contributed by atoms with Crippen molar-refractivity contribution in [3.05, 3.63) is 69.2 Å². The molecule has 2 rings (SSSR count). The molecule has 0 spiro atoms. The zero-order valence-electron chi connectivity index (χ0n) is 11.2. The summed E-state index contributed by atoms with van der Waals surface area (Å²) in [6.07, 6.45) is 0. The summed E-state index contributed by atoms with van der Waals surface area (Å²) in [4.78, 5) is 0. The number of hydrogen-bond acceptors (Lipinski definition) is 1. The van der Waals surface area contributed by atoms with Crippen LogP contribution in [-0.4, -0.2) is 5.88 Å². The minimum absolute atomic E-state index is 0.279. The predicted molar refractivity (Wildman–Crippen MR) is 90.5 cm³/mol. The molecular weight excluding hydrogens is 357 g/mol. The number of hydrogen-bond donors (Lipinski definition) is 1. The highest BCUT2D eigenvalue weighted by molar-refractivity contribution is 9.10. The average Bonchev–Trinajstić information content (AvgIpc) is 2.47. The first-order valence-electron chi connectivity index (χ1n) is 6.35. The lowest BCUT2D eigenvalue weighted by Gasteiger charge is -2.29. The van der Waals surface area contributed by atoms with Crippen LogP contribution < -0.4 is 5.32 Å². The maximum Gasteiger partial charge on any atom is 0.0545 e. The molecular formula is C16H16BrCl2N. The third-order valence-electron chi connectivity index (χ3n) is 3.36. The van der Waals surface area contributed by atoms with E-state index < -0.39 is 0 Å². The van der Waals surface area contributed by atoms with Gasteiger partial charge in [0.05, 0.1) is 5.54 Å². The summed E-state index contributed by atoms with van der Waals surface area (Å²) in [5.41, 5.74) is 1.95. The van der Waals surface area contributed by atoms with Gasteiger partial charge in [-0.1, -0.05) is 63.9 Å². The summed E-state index contributed by atoms with van der Waals surface area (Å²) < 4.78 is 0.981. The third-order valence-corrected chi connectivity index (χ3v) is 4.74. The highest BCUT2D eigenvalue weighted by atomic mass is 79.9. The van der Waals surface area contributed by atoms with Crippen molar-refractivity contribution in [1.29, 1.82) is 0 Å². The van der Waals surface area contributed by atoms with Crippen LogP contribution in [0.1, 0.15) is 18.1 Å². The zero-order valence-corrected chi connectivity index (χ0v) is 14.3. The van der Waals surface area contributed by atoms with Gasteiger partial charge in [0.2, 0.25) is 0 Å². The van der Waals surface area contributed by atoms with E-state index in [0.717, 1.165) is 15.1 Å². The number of nitrogens with one attached hydrogen (secondary N) is 1. The van der Waals surface area contributed by atoms with Gasteiger partial charge in [-0.2, -0.15) is 0 Å². The van der Waals surface area contributed by atoms with Crippen molar-refractivity contribution < 1.29 is 0 Å². The van der Waals surface area contributed by atoms with Crippen molar-refractivity contribution in [2.75, 3.05) is 5.88 Å². The monoisotopic (exact) mass is 371 g/mol. The van der Waals surface area contributed by atoms with Gasteiger partial charge in [-0.05, 0) is 30.2 Å². The molecule has 0 aliphatic carbocycles. The van der Waals surface area contributed by atoms with E-state index in [1.165, 1.54) is 5.56 Å². The molecule has 0 saturated heterocycles. The SMILES string of the molecule is CC(CCl)(NCc1ccc(Br)cc1Cl)c1ccccc1. The predicted octanol–water partition coefficient (Wildman–Crippen LogP) is 5.35. The first-order chi connectivity index (χ1) is 9.55. The Hall–Kier alpha value is -0.540. The molecule has 0 fully saturated rings. The molecule has 1 N–H and O–H groups in total. The second-order valence-electron chi connectivity index (χ2n) is 4.92. The topological polar surface area (TPSA) is 12.0 Å². The Morgan fingerprint density at radius 1 is 1.15 bits per heavy atom. The molecule has 1 unspecified atom stereocenters. The second-order valence-corrected chi connectivity index (χ2v) is 6.51. The van der Waals surface area contributed by atoms with Crippen LogP contribution in [0.2, 0.25) is 5.02 Å². The van der Waals surface area contributed by atoms with Crippen LogP contribution in [-0.2, 0) is 12.1 Å². The fourth-order valence-corrected chi connectivity index (χ4v) is 2.98. The van der Waals surface area contributed by atoms with E-state index in [1.54, 1.807) is 0 Å². The van der Waals surface area contributed by atoms with Gasteiger partial charge in [-0.25, -0.2) is 0 Å². The Bertz CT molecular complexity index is 574. The van der Waals surface area contributed by atoms with Gasteiger partial charge in [0, 0.05) is 21.9 Å². The van der Waals surface area contributed by atoms with E-state index in [2.05, 4.69) is 40.3 Å². The third kappa shape index (κ3) is 3.76. The molecule has 0 aromatic heterocycles.